The molecule has 86 valence electrons. The van der Waals surface area contributed by atoms with E-state index in [-0.39, 0.29) is 5.69 Å². The zero-order valence-corrected chi connectivity index (χ0v) is 8.54. The molecule has 0 aliphatic rings. The maximum absolute atomic E-state index is 13.4. The number of halogens is 4. The van der Waals surface area contributed by atoms with Crippen molar-refractivity contribution in [1.82, 2.24) is 4.98 Å². The largest absolute Gasteiger partial charge is 0.419 e. The van der Waals surface area contributed by atoms with Crippen LogP contribution in [0, 0.1) is 24.6 Å². The molecule has 0 aliphatic heterocycles. The molecule has 0 unspecified atom stereocenters. The monoisotopic (exact) mass is 232 g/mol. The minimum absolute atomic E-state index is 0.385. The second-order valence-electron chi connectivity index (χ2n) is 3.02. The first kappa shape index (κ1) is 12.3. The Labute approximate surface area is 89.5 Å². The van der Waals surface area contributed by atoms with Crippen molar-refractivity contribution in [2.45, 2.75) is 20.0 Å². The molecule has 0 saturated heterocycles. The van der Waals surface area contributed by atoms with Crippen LogP contribution in [0.3, 0.4) is 0 Å². The molecule has 6 heteroatoms. The molecule has 1 rings (SSSR count). The predicted octanol–water partition coefficient (Wildman–Crippen LogP) is 2.50. The second kappa shape index (κ2) is 4.00. The van der Waals surface area contributed by atoms with Gasteiger partial charge < -0.3 is 5.73 Å². The SMILES string of the molecule is CC#Cc1c(F)c(N)nc(C)c1C(F)(F)F. The Morgan fingerprint density at radius 3 is 2.31 bits per heavy atom. The van der Waals surface area contributed by atoms with E-state index < -0.39 is 28.9 Å². The van der Waals surface area contributed by atoms with Crippen LogP contribution in [-0.4, -0.2) is 4.98 Å². The van der Waals surface area contributed by atoms with E-state index in [1.807, 2.05) is 0 Å². The normalized spacial score (nSPS) is 10.9. The van der Waals surface area contributed by atoms with Crippen molar-refractivity contribution in [3.63, 3.8) is 0 Å². The number of anilines is 1. The highest BCUT2D eigenvalue weighted by atomic mass is 19.4. The van der Waals surface area contributed by atoms with Gasteiger partial charge in [-0.25, -0.2) is 9.37 Å². The van der Waals surface area contributed by atoms with Gasteiger partial charge in [0.25, 0.3) is 0 Å². The second-order valence-corrected chi connectivity index (χ2v) is 3.02. The maximum atomic E-state index is 13.4. The Morgan fingerprint density at radius 2 is 1.88 bits per heavy atom. The average Bonchev–Trinajstić information content (AvgIpc) is 2.11. The van der Waals surface area contributed by atoms with Crippen LogP contribution >= 0.6 is 0 Å². The minimum Gasteiger partial charge on any atom is -0.381 e. The summed E-state index contributed by atoms with van der Waals surface area (Å²) in [6.45, 7) is 2.42. The highest BCUT2D eigenvalue weighted by Gasteiger charge is 2.37. The van der Waals surface area contributed by atoms with Crippen molar-refractivity contribution in [3.8, 4) is 11.8 Å². The molecule has 0 bridgehead atoms. The van der Waals surface area contributed by atoms with Crippen molar-refractivity contribution in [3.05, 3.63) is 22.6 Å². The molecule has 1 heterocycles. The number of aryl methyl sites for hydroxylation is 1. The fourth-order valence-electron chi connectivity index (χ4n) is 1.29. The molecule has 0 fully saturated rings. The highest BCUT2D eigenvalue weighted by molar-refractivity contribution is 5.52. The standard InChI is InChI=1S/C10H8F4N2/c1-3-4-6-7(10(12,13)14)5(2)16-9(15)8(6)11/h1-2H3,(H2,15,16). The number of alkyl halides is 3. The van der Waals surface area contributed by atoms with Gasteiger partial charge >= 0.3 is 6.18 Å². The third-order valence-corrected chi connectivity index (χ3v) is 1.88. The molecular weight excluding hydrogens is 224 g/mol. The molecule has 1 aromatic heterocycles. The fraction of sp³-hybridized carbons (Fsp3) is 0.300. The lowest BCUT2D eigenvalue weighted by molar-refractivity contribution is -0.138. The number of hydrogen-bond donors (Lipinski definition) is 1. The van der Waals surface area contributed by atoms with Gasteiger partial charge in [0.1, 0.15) is 0 Å². The van der Waals surface area contributed by atoms with Crippen LogP contribution in [0.2, 0.25) is 0 Å². The van der Waals surface area contributed by atoms with Crippen molar-refractivity contribution in [2.24, 2.45) is 0 Å². The number of nitrogen functional groups attached to an aromatic ring is 1. The summed E-state index contributed by atoms with van der Waals surface area (Å²) in [7, 11) is 0. The van der Waals surface area contributed by atoms with Gasteiger partial charge in [0.15, 0.2) is 11.6 Å². The minimum atomic E-state index is -4.70. The molecule has 0 atom stereocenters. The molecule has 0 saturated carbocycles. The summed E-state index contributed by atoms with van der Waals surface area (Å²) in [5.74, 6) is 2.48. The van der Waals surface area contributed by atoms with Gasteiger partial charge in [-0.1, -0.05) is 5.92 Å². The lowest BCUT2D eigenvalue weighted by Gasteiger charge is -2.13. The molecule has 2 N–H and O–H groups in total. The van der Waals surface area contributed by atoms with Crippen LogP contribution in [0.25, 0.3) is 0 Å². The third-order valence-electron chi connectivity index (χ3n) is 1.88. The summed E-state index contributed by atoms with van der Waals surface area (Å²) < 4.78 is 51.3. The van der Waals surface area contributed by atoms with Crippen LogP contribution in [0.4, 0.5) is 23.4 Å². The van der Waals surface area contributed by atoms with Crippen LogP contribution in [0.15, 0.2) is 0 Å². The zero-order valence-electron chi connectivity index (χ0n) is 8.54. The number of nitrogens with two attached hydrogens (primary N) is 1. The van der Waals surface area contributed by atoms with Gasteiger partial charge in [-0.05, 0) is 13.8 Å². The van der Waals surface area contributed by atoms with E-state index in [1.54, 1.807) is 0 Å². The Balaban J connectivity index is 3.69. The average molecular weight is 232 g/mol. The highest BCUT2D eigenvalue weighted by Crippen LogP contribution is 2.35. The molecule has 0 amide bonds. The van der Waals surface area contributed by atoms with Gasteiger partial charge in [-0.15, -0.1) is 5.92 Å². The zero-order chi connectivity index (χ0) is 12.5. The van der Waals surface area contributed by atoms with Gasteiger partial charge in [0, 0.05) is 0 Å². The topological polar surface area (TPSA) is 38.9 Å². The van der Waals surface area contributed by atoms with Crippen molar-refractivity contribution in [2.75, 3.05) is 5.73 Å². The summed E-state index contributed by atoms with van der Waals surface area (Å²) in [4.78, 5) is 3.30. The van der Waals surface area contributed by atoms with Crippen LogP contribution in [0.1, 0.15) is 23.7 Å². The van der Waals surface area contributed by atoms with E-state index in [0.717, 1.165) is 6.92 Å². The lowest BCUT2D eigenvalue weighted by Crippen LogP contribution is -2.15. The first-order valence-electron chi connectivity index (χ1n) is 4.24. The van der Waals surface area contributed by atoms with E-state index >= 15 is 0 Å². The third kappa shape index (κ3) is 2.08. The first-order valence-corrected chi connectivity index (χ1v) is 4.24. The molecule has 0 spiro atoms. The Bertz CT molecular complexity index is 480. The Hall–Kier alpha value is -1.77. The summed E-state index contributed by atoms with van der Waals surface area (Å²) >= 11 is 0. The van der Waals surface area contributed by atoms with E-state index in [0.29, 0.717) is 0 Å². The summed E-state index contributed by atoms with van der Waals surface area (Å²) in [5.41, 5.74) is 2.83. The van der Waals surface area contributed by atoms with Crippen LogP contribution in [-0.2, 0) is 6.18 Å². The molecule has 1 aromatic rings. The Morgan fingerprint density at radius 1 is 1.31 bits per heavy atom. The number of aromatic nitrogens is 1. The van der Waals surface area contributed by atoms with Gasteiger partial charge in [-0.3, -0.25) is 0 Å². The van der Waals surface area contributed by atoms with E-state index in [1.165, 1.54) is 6.92 Å². The van der Waals surface area contributed by atoms with Crippen molar-refractivity contribution in [1.29, 1.82) is 0 Å². The number of nitrogens with zero attached hydrogens (tertiary/aromatic N) is 1. The number of pyridine rings is 1. The van der Waals surface area contributed by atoms with Crippen LogP contribution < -0.4 is 5.73 Å². The van der Waals surface area contributed by atoms with Gasteiger partial charge in [0.2, 0.25) is 0 Å². The van der Waals surface area contributed by atoms with E-state index in [9.17, 15) is 17.6 Å². The van der Waals surface area contributed by atoms with Crippen LogP contribution in [0.5, 0.6) is 0 Å². The van der Waals surface area contributed by atoms with E-state index in [2.05, 4.69) is 16.8 Å². The molecule has 0 aromatic carbocycles. The maximum Gasteiger partial charge on any atom is 0.419 e. The fourth-order valence-corrected chi connectivity index (χ4v) is 1.29. The molecule has 2 nitrogen and oxygen atoms in total. The molecule has 0 radical (unpaired) electrons. The molecule has 16 heavy (non-hydrogen) atoms. The van der Waals surface area contributed by atoms with Crippen molar-refractivity contribution < 1.29 is 17.6 Å². The Kier molecular flexibility index (Phi) is 3.08. The quantitative estimate of drug-likeness (QED) is 0.551. The van der Waals surface area contributed by atoms with Gasteiger partial charge in [-0.2, -0.15) is 13.2 Å². The lowest BCUT2D eigenvalue weighted by atomic mass is 10.1. The molecule has 0 aliphatic carbocycles. The molecular formula is C10H8F4N2. The summed E-state index contributed by atoms with van der Waals surface area (Å²) in [5, 5.41) is 0. The first-order chi connectivity index (χ1) is 7.29. The summed E-state index contributed by atoms with van der Waals surface area (Å²) in [6, 6.07) is 0. The van der Waals surface area contributed by atoms with Crippen molar-refractivity contribution >= 4 is 5.82 Å². The smallest absolute Gasteiger partial charge is 0.381 e. The summed E-state index contributed by atoms with van der Waals surface area (Å²) in [6.07, 6.45) is -4.70. The van der Waals surface area contributed by atoms with Gasteiger partial charge in [0.05, 0.1) is 16.8 Å². The number of rotatable bonds is 0. The van der Waals surface area contributed by atoms with E-state index in [4.69, 9.17) is 5.73 Å². The number of hydrogen-bond acceptors (Lipinski definition) is 2. The predicted molar refractivity (Wildman–Crippen MR) is 50.9 cm³/mol.